The van der Waals surface area contributed by atoms with Gasteiger partial charge in [-0.2, -0.15) is 0 Å². The van der Waals surface area contributed by atoms with Gasteiger partial charge in [-0.3, -0.25) is 0 Å². The maximum atomic E-state index is 10.2. The van der Waals surface area contributed by atoms with Crippen LogP contribution in [0.1, 0.15) is 0 Å². The van der Waals surface area contributed by atoms with Crippen LogP contribution in [0.5, 0.6) is 0 Å². The predicted molar refractivity (Wildman–Crippen MR) is 33.7 cm³/mol. The van der Waals surface area contributed by atoms with Crippen molar-refractivity contribution in [3.63, 3.8) is 0 Å². The van der Waals surface area contributed by atoms with Crippen LogP contribution in [0, 0.1) is 0 Å². The number of hydrogen-bond donors (Lipinski definition) is 3. The van der Waals surface area contributed by atoms with Crippen molar-refractivity contribution in [3.8, 4) is 0 Å². The molecule has 2 atom stereocenters. The van der Waals surface area contributed by atoms with Gasteiger partial charge in [-0.25, -0.2) is 4.79 Å². The number of carbonyl (C=O) groups is 1. The Labute approximate surface area is 62.5 Å². The Morgan fingerprint density at radius 2 is 2.27 bits per heavy atom. The molecule has 0 spiro atoms. The Morgan fingerprint density at radius 3 is 2.73 bits per heavy atom. The smallest absolute Gasteiger partial charge is 0.370 e. The van der Waals surface area contributed by atoms with E-state index >= 15 is 0 Å². The monoisotopic (exact) mass is 160 g/mol. The molecule has 11 heavy (non-hydrogen) atoms. The minimum absolute atomic E-state index is 0.181. The van der Waals surface area contributed by atoms with E-state index in [4.69, 9.17) is 15.3 Å². The molecule has 1 aliphatic rings. The van der Waals surface area contributed by atoms with Crippen molar-refractivity contribution in [2.24, 2.45) is 0 Å². The van der Waals surface area contributed by atoms with Gasteiger partial charge in [0.25, 0.3) is 0 Å². The lowest BCUT2D eigenvalue weighted by molar-refractivity contribution is -0.138. The van der Waals surface area contributed by atoms with Crippen LogP contribution in [0.15, 0.2) is 11.8 Å². The van der Waals surface area contributed by atoms with Crippen LogP contribution in [-0.2, 0) is 9.53 Å². The number of hydrogen-bond acceptors (Lipinski definition) is 4. The zero-order valence-electron chi connectivity index (χ0n) is 5.60. The molecule has 0 aromatic heterocycles. The summed E-state index contributed by atoms with van der Waals surface area (Å²) in [6.07, 6.45) is -1.20. The van der Waals surface area contributed by atoms with Gasteiger partial charge in [-0.15, -0.1) is 0 Å². The molecule has 0 fully saturated rings. The summed E-state index contributed by atoms with van der Waals surface area (Å²) in [6.45, 7) is -0.181. The second-order valence-corrected chi connectivity index (χ2v) is 2.21. The molecule has 0 aromatic rings. The van der Waals surface area contributed by atoms with Crippen LogP contribution in [-0.4, -0.2) is 40.1 Å². The second-order valence-electron chi connectivity index (χ2n) is 2.21. The number of aliphatic carboxylic acids is 1. The summed E-state index contributed by atoms with van der Waals surface area (Å²) in [5.74, 6) is -1.56. The number of carboxylic acid groups (broad SMARTS) is 1. The maximum absolute atomic E-state index is 10.2. The highest BCUT2D eigenvalue weighted by Gasteiger charge is 2.24. The molecule has 0 bridgehead atoms. The van der Waals surface area contributed by atoms with Gasteiger partial charge < -0.3 is 20.1 Å². The van der Waals surface area contributed by atoms with Crippen LogP contribution < -0.4 is 0 Å². The topological polar surface area (TPSA) is 87.0 Å². The molecule has 1 aliphatic heterocycles. The largest absolute Gasteiger partial charge is 0.484 e. The first-order chi connectivity index (χ1) is 5.11. The van der Waals surface area contributed by atoms with Crippen LogP contribution in [0.3, 0.4) is 0 Å². The van der Waals surface area contributed by atoms with Gasteiger partial charge in [-0.05, 0) is 6.08 Å². The molecule has 1 heterocycles. The molecule has 0 saturated heterocycles. The molecule has 0 aliphatic carbocycles. The molecular weight excluding hydrogens is 152 g/mol. The van der Waals surface area contributed by atoms with Crippen molar-refractivity contribution in [2.75, 3.05) is 6.61 Å². The van der Waals surface area contributed by atoms with E-state index < -0.39 is 18.2 Å². The van der Waals surface area contributed by atoms with E-state index in [0.717, 1.165) is 6.08 Å². The highest BCUT2D eigenvalue weighted by molar-refractivity contribution is 5.84. The van der Waals surface area contributed by atoms with Gasteiger partial charge in [0.2, 0.25) is 5.76 Å². The third-order valence-corrected chi connectivity index (χ3v) is 1.34. The zero-order valence-corrected chi connectivity index (χ0v) is 5.60. The first-order valence-corrected chi connectivity index (χ1v) is 3.05. The molecule has 5 nitrogen and oxygen atoms in total. The number of aliphatic hydroxyl groups is 2. The van der Waals surface area contributed by atoms with Crippen molar-refractivity contribution >= 4 is 5.97 Å². The van der Waals surface area contributed by atoms with Crippen molar-refractivity contribution in [2.45, 2.75) is 12.2 Å². The van der Waals surface area contributed by atoms with Gasteiger partial charge in [0, 0.05) is 0 Å². The Kier molecular flexibility index (Phi) is 2.11. The molecule has 62 valence electrons. The van der Waals surface area contributed by atoms with Gasteiger partial charge in [0.05, 0.1) is 0 Å². The van der Waals surface area contributed by atoms with E-state index in [-0.39, 0.29) is 12.4 Å². The fourth-order valence-corrected chi connectivity index (χ4v) is 0.721. The standard InChI is InChI=1S/C6H8O5/c7-3-1-5(6(9)10)11-2-4(3)8/h1,3-4,7-8H,2H2,(H,9,10). The van der Waals surface area contributed by atoms with Crippen molar-refractivity contribution in [3.05, 3.63) is 11.8 Å². The molecule has 5 heteroatoms. The van der Waals surface area contributed by atoms with E-state index in [2.05, 4.69) is 4.74 Å². The van der Waals surface area contributed by atoms with E-state index in [9.17, 15) is 4.79 Å². The molecule has 0 radical (unpaired) electrons. The third kappa shape index (κ3) is 1.69. The zero-order chi connectivity index (χ0) is 8.43. The summed E-state index contributed by atoms with van der Waals surface area (Å²) in [7, 11) is 0. The summed E-state index contributed by atoms with van der Waals surface area (Å²) < 4.78 is 4.57. The minimum atomic E-state index is -1.24. The maximum Gasteiger partial charge on any atom is 0.370 e. The molecule has 0 aromatic carbocycles. The molecule has 3 N–H and O–H groups in total. The lowest BCUT2D eigenvalue weighted by atomic mass is 10.1. The first-order valence-electron chi connectivity index (χ1n) is 3.05. The van der Waals surface area contributed by atoms with Crippen LogP contribution in [0.4, 0.5) is 0 Å². The van der Waals surface area contributed by atoms with E-state index in [1.165, 1.54) is 0 Å². The Hall–Kier alpha value is -1.07. The molecule has 0 saturated carbocycles. The second kappa shape index (κ2) is 2.89. The van der Waals surface area contributed by atoms with Crippen molar-refractivity contribution in [1.29, 1.82) is 0 Å². The summed E-state index contributed by atoms with van der Waals surface area (Å²) in [5, 5.41) is 26.1. The number of carboxylic acids is 1. The molecule has 2 unspecified atom stereocenters. The van der Waals surface area contributed by atoms with Gasteiger partial charge in [0.15, 0.2) is 0 Å². The summed E-state index contributed by atoms with van der Waals surface area (Å²) >= 11 is 0. The van der Waals surface area contributed by atoms with Crippen molar-refractivity contribution < 1.29 is 24.9 Å². The summed E-state index contributed by atoms with van der Waals surface area (Å²) in [5.41, 5.74) is 0. The predicted octanol–water partition coefficient (Wildman–Crippen LogP) is -1.29. The van der Waals surface area contributed by atoms with Gasteiger partial charge in [-0.1, -0.05) is 0 Å². The average molecular weight is 160 g/mol. The Bertz CT molecular complexity index is 197. The highest BCUT2D eigenvalue weighted by Crippen LogP contribution is 2.10. The lowest BCUT2D eigenvalue weighted by Gasteiger charge is -2.21. The molecular formula is C6H8O5. The average Bonchev–Trinajstić information content (AvgIpc) is 1.94. The van der Waals surface area contributed by atoms with Gasteiger partial charge >= 0.3 is 5.97 Å². The quantitative estimate of drug-likeness (QED) is 0.444. The fourth-order valence-electron chi connectivity index (χ4n) is 0.721. The Balaban J connectivity index is 2.71. The number of aliphatic hydroxyl groups excluding tert-OH is 2. The minimum Gasteiger partial charge on any atom is -0.484 e. The van der Waals surface area contributed by atoms with Gasteiger partial charge in [0.1, 0.15) is 18.8 Å². The highest BCUT2D eigenvalue weighted by atomic mass is 16.5. The Morgan fingerprint density at radius 1 is 1.64 bits per heavy atom. The van der Waals surface area contributed by atoms with Crippen LogP contribution >= 0.6 is 0 Å². The number of rotatable bonds is 1. The van der Waals surface area contributed by atoms with E-state index in [1.807, 2.05) is 0 Å². The number of ether oxygens (including phenoxy) is 1. The van der Waals surface area contributed by atoms with Crippen LogP contribution in [0.25, 0.3) is 0 Å². The van der Waals surface area contributed by atoms with Crippen LogP contribution in [0.2, 0.25) is 0 Å². The SMILES string of the molecule is O=C(O)C1=CC(O)C(O)CO1. The van der Waals surface area contributed by atoms with E-state index in [0.29, 0.717) is 0 Å². The lowest BCUT2D eigenvalue weighted by Crippen LogP contribution is -2.34. The first kappa shape index (κ1) is 8.03. The van der Waals surface area contributed by atoms with Crippen molar-refractivity contribution in [1.82, 2.24) is 0 Å². The molecule has 1 rings (SSSR count). The fraction of sp³-hybridized carbons (Fsp3) is 0.500. The summed E-state index contributed by atoms with van der Waals surface area (Å²) in [4.78, 5) is 10.2. The molecule has 0 amide bonds. The normalized spacial score (nSPS) is 30.5. The third-order valence-electron chi connectivity index (χ3n) is 1.34. The van der Waals surface area contributed by atoms with E-state index in [1.54, 1.807) is 0 Å². The summed E-state index contributed by atoms with van der Waals surface area (Å²) in [6, 6.07) is 0.